The summed E-state index contributed by atoms with van der Waals surface area (Å²) >= 11 is 0. The minimum absolute atomic E-state index is 0.0483. The molecule has 2 rings (SSSR count). The highest BCUT2D eigenvalue weighted by molar-refractivity contribution is 4.87. The molecule has 16 heavy (non-hydrogen) atoms. The second-order valence-corrected chi connectivity index (χ2v) is 6.09. The molecule has 1 saturated carbocycles. The fraction of sp³-hybridized carbons (Fsp3) is 1.00. The monoisotopic (exact) mass is 226 g/mol. The van der Waals surface area contributed by atoms with Gasteiger partial charge >= 0.3 is 0 Å². The van der Waals surface area contributed by atoms with Crippen molar-refractivity contribution < 1.29 is 4.74 Å². The van der Waals surface area contributed by atoms with Crippen LogP contribution in [0.2, 0.25) is 0 Å². The molecule has 3 N–H and O–H groups in total. The molecule has 0 amide bonds. The zero-order chi connectivity index (χ0) is 11.6. The van der Waals surface area contributed by atoms with E-state index in [2.05, 4.69) is 19.2 Å². The van der Waals surface area contributed by atoms with Crippen LogP contribution < -0.4 is 11.1 Å². The van der Waals surface area contributed by atoms with E-state index in [1.54, 1.807) is 0 Å². The average Bonchev–Trinajstić information content (AvgIpc) is 2.15. The first-order valence-electron chi connectivity index (χ1n) is 6.71. The van der Waals surface area contributed by atoms with E-state index >= 15 is 0 Å². The maximum atomic E-state index is 6.02. The predicted molar refractivity (Wildman–Crippen MR) is 66.4 cm³/mol. The number of nitrogens with one attached hydrogen (secondary N) is 1. The third kappa shape index (κ3) is 3.44. The first-order valence-corrected chi connectivity index (χ1v) is 6.71. The van der Waals surface area contributed by atoms with E-state index < -0.39 is 0 Å². The lowest BCUT2D eigenvalue weighted by atomic mass is 9.88. The Bertz CT molecular complexity index is 230. The number of ether oxygens (including phenoxy) is 1. The Labute approximate surface area is 99.1 Å². The van der Waals surface area contributed by atoms with Gasteiger partial charge in [0.2, 0.25) is 0 Å². The SMILES string of the molecule is CC1(C)CC(NC2CCCC(N)C2)CCO1. The Morgan fingerprint density at radius 2 is 2.00 bits per heavy atom. The molecule has 1 saturated heterocycles. The molecule has 0 aromatic heterocycles. The first kappa shape index (κ1) is 12.3. The highest BCUT2D eigenvalue weighted by Crippen LogP contribution is 2.26. The Morgan fingerprint density at radius 1 is 1.19 bits per heavy atom. The molecule has 0 radical (unpaired) electrons. The van der Waals surface area contributed by atoms with E-state index in [0.29, 0.717) is 18.1 Å². The summed E-state index contributed by atoms with van der Waals surface area (Å²) < 4.78 is 5.74. The van der Waals surface area contributed by atoms with Crippen LogP contribution in [0.15, 0.2) is 0 Å². The van der Waals surface area contributed by atoms with Gasteiger partial charge in [0.15, 0.2) is 0 Å². The van der Waals surface area contributed by atoms with Crippen molar-refractivity contribution in [2.24, 2.45) is 5.73 Å². The quantitative estimate of drug-likeness (QED) is 0.755. The van der Waals surface area contributed by atoms with Gasteiger partial charge in [-0.3, -0.25) is 0 Å². The first-order chi connectivity index (χ1) is 7.55. The van der Waals surface area contributed by atoms with Crippen molar-refractivity contribution in [1.29, 1.82) is 0 Å². The van der Waals surface area contributed by atoms with Gasteiger partial charge in [0.05, 0.1) is 5.60 Å². The van der Waals surface area contributed by atoms with Crippen molar-refractivity contribution in [3.8, 4) is 0 Å². The summed E-state index contributed by atoms with van der Waals surface area (Å²) in [6.45, 7) is 5.27. The van der Waals surface area contributed by atoms with Gasteiger partial charge in [-0.15, -0.1) is 0 Å². The largest absolute Gasteiger partial charge is 0.375 e. The summed E-state index contributed by atoms with van der Waals surface area (Å²) in [4.78, 5) is 0. The van der Waals surface area contributed by atoms with E-state index in [1.165, 1.54) is 19.3 Å². The van der Waals surface area contributed by atoms with Gasteiger partial charge in [-0.05, 0) is 46.0 Å². The van der Waals surface area contributed by atoms with Crippen molar-refractivity contribution in [3.63, 3.8) is 0 Å². The Morgan fingerprint density at radius 3 is 2.69 bits per heavy atom. The summed E-state index contributed by atoms with van der Waals surface area (Å²) in [5.41, 5.74) is 6.07. The molecule has 94 valence electrons. The average molecular weight is 226 g/mol. The molecule has 1 heterocycles. The molecule has 2 aliphatic rings. The number of rotatable bonds is 2. The second-order valence-electron chi connectivity index (χ2n) is 6.09. The van der Waals surface area contributed by atoms with Crippen LogP contribution in [0.4, 0.5) is 0 Å². The smallest absolute Gasteiger partial charge is 0.0641 e. The van der Waals surface area contributed by atoms with Crippen LogP contribution >= 0.6 is 0 Å². The van der Waals surface area contributed by atoms with Crippen LogP contribution in [0.3, 0.4) is 0 Å². The van der Waals surface area contributed by atoms with Crippen molar-refractivity contribution in [3.05, 3.63) is 0 Å². The fourth-order valence-corrected chi connectivity index (χ4v) is 3.09. The maximum Gasteiger partial charge on any atom is 0.0641 e. The Balaban J connectivity index is 1.80. The van der Waals surface area contributed by atoms with Crippen LogP contribution in [-0.4, -0.2) is 30.3 Å². The van der Waals surface area contributed by atoms with Crippen molar-refractivity contribution in [2.75, 3.05) is 6.61 Å². The van der Waals surface area contributed by atoms with Crippen LogP contribution in [0.25, 0.3) is 0 Å². The maximum absolute atomic E-state index is 6.02. The highest BCUT2D eigenvalue weighted by Gasteiger charge is 2.30. The minimum Gasteiger partial charge on any atom is -0.375 e. The van der Waals surface area contributed by atoms with Gasteiger partial charge in [0, 0.05) is 24.7 Å². The van der Waals surface area contributed by atoms with Crippen LogP contribution in [0, 0.1) is 0 Å². The summed E-state index contributed by atoms with van der Waals surface area (Å²) in [6.07, 6.45) is 7.21. The molecule has 2 fully saturated rings. The van der Waals surface area contributed by atoms with Gasteiger partial charge in [-0.1, -0.05) is 6.42 Å². The Kier molecular flexibility index (Phi) is 3.88. The summed E-state index contributed by atoms with van der Waals surface area (Å²) in [5, 5.41) is 3.78. The van der Waals surface area contributed by atoms with E-state index in [0.717, 1.165) is 25.9 Å². The molecule has 0 bridgehead atoms. The summed E-state index contributed by atoms with van der Waals surface area (Å²) in [7, 11) is 0. The van der Waals surface area contributed by atoms with Gasteiger partial charge in [-0.2, -0.15) is 0 Å². The third-order valence-corrected chi connectivity index (χ3v) is 3.88. The topological polar surface area (TPSA) is 47.3 Å². The number of hydrogen-bond acceptors (Lipinski definition) is 3. The van der Waals surface area contributed by atoms with Crippen LogP contribution in [0.1, 0.15) is 52.4 Å². The molecule has 0 spiro atoms. The molecule has 0 aromatic carbocycles. The zero-order valence-corrected chi connectivity index (χ0v) is 10.7. The lowest BCUT2D eigenvalue weighted by Crippen LogP contribution is -2.49. The Hall–Kier alpha value is -0.120. The van der Waals surface area contributed by atoms with Gasteiger partial charge in [0.25, 0.3) is 0 Å². The number of hydrogen-bond donors (Lipinski definition) is 2. The van der Waals surface area contributed by atoms with Gasteiger partial charge < -0.3 is 15.8 Å². The van der Waals surface area contributed by atoms with E-state index in [4.69, 9.17) is 10.5 Å². The zero-order valence-electron chi connectivity index (χ0n) is 10.7. The number of nitrogens with two attached hydrogens (primary N) is 1. The lowest BCUT2D eigenvalue weighted by molar-refractivity contribution is -0.0646. The minimum atomic E-state index is 0.0483. The molecule has 3 nitrogen and oxygen atoms in total. The molecule has 3 unspecified atom stereocenters. The molecule has 3 heteroatoms. The van der Waals surface area contributed by atoms with E-state index in [9.17, 15) is 0 Å². The summed E-state index contributed by atoms with van der Waals surface area (Å²) in [5.74, 6) is 0. The van der Waals surface area contributed by atoms with Crippen molar-refractivity contribution in [1.82, 2.24) is 5.32 Å². The molecular formula is C13H26N2O. The molecule has 1 aliphatic carbocycles. The van der Waals surface area contributed by atoms with E-state index in [-0.39, 0.29) is 5.60 Å². The standard InChI is InChI=1S/C13H26N2O/c1-13(2)9-12(6-7-16-13)15-11-5-3-4-10(14)8-11/h10-12,15H,3-9,14H2,1-2H3. The predicted octanol–water partition coefficient (Wildman–Crippen LogP) is 1.80. The lowest BCUT2D eigenvalue weighted by Gasteiger charge is -2.39. The molecule has 3 atom stereocenters. The third-order valence-electron chi connectivity index (χ3n) is 3.88. The van der Waals surface area contributed by atoms with Crippen LogP contribution in [0.5, 0.6) is 0 Å². The van der Waals surface area contributed by atoms with Crippen molar-refractivity contribution in [2.45, 2.75) is 76.1 Å². The normalized spacial score (nSPS) is 39.6. The summed E-state index contributed by atoms with van der Waals surface area (Å²) in [6, 6.07) is 1.68. The molecule has 1 aliphatic heterocycles. The second kappa shape index (κ2) is 5.03. The van der Waals surface area contributed by atoms with Gasteiger partial charge in [0.1, 0.15) is 0 Å². The van der Waals surface area contributed by atoms with Crippen molar-refractivity contribution >= 4 is 0 Å². The fourth-order valence-electron chi connectivity index (χ4n) is 3.09. The molecule has 0 aromatic rings. The van der Waals surface area contributed by atoms with Gasteiger partial charge in [-0.25, -0.2) is 0 Å². The van der Waals surface area contributed by atoms with Crippen LogP contribution in [-0.2, 0) is 4.74 Å². The molecular weight excluding hydrogens is 200 g/mol. The highest BCUT2D eigenvalue weighted by atomic mass is 16.5. The van der Waals surface area contributed by atoms with E-state index in [1.807, 2.05) is 0 Å².